The predicted octanol–water partition coefficient (Wildman–Crippen LogP) is 2.84. The molecule has 1 fully saturated rings. The summed E-state index contributed by atoms with van der Waals surface area (Å²) in [6.07, 6.45) is 2.27. The number of hydrogen-bond acceptors (Lipinski definition) is 3. The Bertz CT molecular complexity index is 450. The van der Waals surface area contributed by atoms with Gasteiger partial charge in [0.1, 0.15) is 0 Å². The first-order chi connectivity index (χ1) is 8.94. The minimum Gasteiger partial charge on any atom is -0.366 e. The molecule has 1 aromatic rings. The number of piperidine rings is 1. The molecule has 3 nitrogen and oxygen atoms in total. The average molecular weight is 260 g/mol. The minimum absolute atomic E-state index is 0.118. The first kappa shape index (κ1) is 14.1. The molecule has 0 amide bonds. The zero-order valence-corrected chi connectivity index (χ0v) is 12.1. The Morgan fingerprint density at radius 1 is 1.37 bits per heavy atom. The first-order valence-electron chi connectivity index (χ1n) is 7.03. The summed E-state index contributed by atoms with van der Waals surface area (Å²) in [7, 11) is 0. The minimum atomic E-state index is 0.118. The fourth-order valence-corrected chi connectivity index (χ4v) is 3.09. The van der Waals surface area contributed by atoms with Gasteiger partial charge in [0.05, 0.1) is 0 Å². The average Bonchev–Trinajstić information content (AvgIpc) is 2.37. The third-order valence-electron chi connectivity index (χ3n) is 4.20. The Morgan fingerprint density at radius 2 is 2.00 bits per heavy atom. The van der Waals surface area contributed by atoms with Crippen LogP contribution in [-0.4, -0.2) is 24.4 Å². The topological polar surface area (TPSA) is 46.3 Å². The Balaban J connectivity index is 2.19. The number of ketones is 1. The van der Waals surface area contributed by atoms with Crippen molar-refractivity contribution in [3.63, 3.8) is 0 Å². The summed E-state index contributed by atoms with van der Waals surface area (Å²) in [6.45, 7) is 7.96. The van der Waals surface area contributed by atoms with Gasteiger partial charge in [0.25, 0.3) is 0 Å². The lowest BCUT2D eigenvalue weighted by Crippen LogP contribution is -2.51. The van der Waals surface area contributed by atoms with Crippen LogP contribution in [0.5, 0.6) is 0 Å². The van der Waals surface area contributed by atoms with Gasteiger partial charge in [0.2, 0.25) is 0 Å². The van der Waals surface area contributed by atoms with Crippen molar-refractivity contribution in [1.82, 2.24) is 0 Å². The van der Waals surface area contributed by atoms with Gasteiger partial charge >= 0.3 is 0 Å². The van der Waals surface area contributed by atoms with Crippen molar-refractivity contribution in [3.8, 4) is 0 Å². The molecule has 1 aromatic carbocycles. The van der Waals surface area contributed by atoms with E-state index in [0.29, 0.717) is 5.92 Å². The fourth-order valence-electron chi connectivity index (χ4n) is 3.09. The lowest BCUT2D eigenvalue weighted by Gasteiger charge is -2.47. The van der Waals surface area contributed by atoms with Gasteiger partial charge in [-0.05, 0) is 70.3 Å². The van der Waals surface area contributed by atoms with Crippen molar-refractivity contribution in [3.05, 3.63) is 29.8 Å². The van der Waals surface area contributed by atoms with Gasteiger partial charge < -0.3 is 10.6 Å². The second kappa shape index (κ2) is 5.33. The largest absolute Gasteiger partial charge is 0.366 e. The Kier molecular flexibility index (Phi) is 3.95. The van der Waals surface area contributed by atoms with Crippen molar-refractivity contribution >= 4 is 11.5 Å². The maximum atomic E-state index is 11.3. The van der Waals surface area contributed by atoms with Crippen molar-refractivity contribution in [2.75, 3.05) is 18.0 Å². The molecule has 2 N–H and O–H groups in total. The van der Waals surface area contributed by atoms with Crippen LogP contribution in [0.3, 0.4) is 0 Å². The van der Waals surface area contributed by atoms with E-state index in [4.69, 9.17) is 5.73 Å². The van der Waals surface area contributed by atoms with Crippen molar-refractivity contribution < 1.29 is 4.79 Å². The van der Waals surface area contributed by atoms with Gasteiger partial charge in [-0.2, -0.15) is 0 Å². The number of nitrogens with two attached hydrogens (primary N) is 1. The maximum absolute atomic E-state index is 11.3. The third kappa shape index (κ3) is 2.98. The van der Waals surface area contributed by atoms with Crippen LogP contribution in [0.15, 0.2) is 24.3 Å². The molecule has 0 spiro atoms. The molecule has 2 rings (SSSR count). The molecule has 19 heavy (non-hydrogen) atoms. The molecule has 1 atom stereocenters. The van der Waals surface area contributed by atoms with E-state index in [1.54, 1.807) is 6.92 Å². The molecule has 1 aliphatic heterocycles. The van der Waals surface area contributed by atoms with E-state index in [1.807, 2.05) is 12.1 Å². The Morgan fingerprint density at radius 3 is 2.47 bits per heavy atom. The number of anilines is 1. The number of rotatable bonds is 3. The van der Waals surface area contributed by atoms with Gasteiger partial charge in [-0.15, -0.1) is 0 Å². The molecule has 0 saturated carbocycles. The van der Waals surface area contributed by atoms with E-state index in [2.05, 4.69) is 30.9 Å². The predicted molar refractivity (Wildman–Crippen MR) is 79.6 cm³/mol. The van der Waals surface area contributed by atoms with Crippen LogP contribution in [0.4, 0.5) is 5.69 Å². The van der Waals surface area contributed by atoms with Crippen LogP contribution in [-0.2, 0) is 0 Å². The monoisotopic (exact) mass is 260 g/mol. The third-order valence-corrected chi connectivity index (χ3v) is 4.20. The zero-order valence-electron chi connectivity index (χ0n) is 12.1. The summed E-state index contributed by atoms with van der Waals surface area (Å²) < 4.78 is 0. The highest BCUT2D eigenvalue weighted by atomic mass is 16.1. The molecule has 3 heteroatoms. The second-order valence-electron chi connectivity index (χ2n) is 6.16. The fraction of sp³-hybridized carbons (Fsp3) is 0.562. The van der Waals surface area contributed by atoms with Gasteiger partial charge in [-0.25, -0.2) is 0 Å². The molecule has 1 heterocycles. The van der Waals surface area contributed by atoms with Crippen LogP contribution in [0.25, 0.3) is 0 Å². The number of carbonyl (C=O) groups excluding carboxylic acids is 1. The summed E-state index contributed by atoms with van der Waals surface area (Å²) in [6, 6.07) is 7.95. The highest BCUT2D eigenvalue weighted by Crippen LogP contribution is 2.35. The summed E-state index contributed by atoms with van der Waals surface area (Å²) >= 11 is 0. The Labute approximate surface area is 115 Å². The molecule has 1 unspecified atom stereocenters. The SMILES string of the molecule is CC(=O)c1ccc(N2CCC(CN)CC2(C)C)cc1. The number of Topliss-reactive ketones (excluding diaryl/α,β-unsaturated/α-hetero) is 1. The summed E-state index contributed by atoms with van der Waals surface area (Å²) in [5.41, 5.74) is 7.91. The highest BCUT2D eigenvalue weighted by Gasteiger charge is 2.34. The lowest BCUT2D eigenvalue weighted by atomic mass is 9.82. The summed E-state index contributed by atoms with van der Waals surface area (Å²) in [5, 5.41) is 0. The van der Waals surface area contributed by atoms with Crippen LogP contribution in [0, 0.1) is 5.92 Å². The molecule has 1 aliphatic rings. The first-order valence-corrected chi connectivity index (χ1v) is 7.03. The van der Waals surface area contributed by atoms with Gasteiger partial charge in [0, 0.05) is 23.3 Å². The molecule has 0 aliphatic carbocycles. The number of carbonyl (C=O) groups is 1. The Hall–Kier alpha value is -1.35. The molecule has 0 radical (unpaired) electrons. The van der Waals surface area contributed by atoms with Crippen LogP contribution in [0.2, 0.25) is 0 Å². The van der Waals surface area contributed by atoms with E-state index in [9.17, 15) is 4.79 Å². The van der Waals surface area contributed by atoms with E-state index in [0.717, 1.165) is 31.5 Å². The maximum Gasteiger partial charge on any atom is 0.159 e. The van der Waals surface area contributed by atoms with E-state index >= 15 is 0 Å². The number of hydrogen-bond donors (Lipinski definition) is 1. The quantitative estimate of drug-likeness (QED) is 0.850. The standard InChI is InChI=1S/C16H24N2O/c1-12(19)14-4-6-15(7-5-14)18-9-8-13(11-17)10-16(18,2)3/h4-7,13H,8-11,17H2,1-3H3. The molecule has 0 aromatic heterocycles. The van der Waals surface area contributed by atoms with E-state index in [1.165, 1.54) is 5.69 Å². The second-order valence-corrected chi connectivity index (χ2v) is 6.16. The molecule has 0 bridgehead atoms. The van der Waals surface area contributed by atoms with Crippen molar-refractivity contribution in [1.29, 1.82) is 0 Å². The van der Waals surface area contributed by atoms with Gasteiger partial charge in [0.15, 0.2) is 5.78 Å². The van der Waals surface area contributed by atoms with Crippen LogP contribution in [0.1, 0.15) is 44.0 Å². The lowest BCUT2D eigenvalue weighted by molar-refractivity contribution is 0.101. The molecular formula is C16H24N2O. The molecular weight excluding hydrogens is 236 g/mol. The van der Waals surface area contributed by atoms with Gasteiger partial charge in [-0.1, -0.05) is 0 Å². The van der Waals surface area contributed by atoms with Gasteiger partial charge in [-0.3, -0.25) is 4.79 Å². The number of nitrogens with zero attached hydrogens (tertiary/aromatic N) is 1. The van der Waals surface area contributed by atoms with E-state index < -0.39 is 0 Å². The normalized spacial score (nSPS) is 22.3. The summed E-state index contributed by atoms with van der Waals surface area (Å²) in [4.78, 5) is 13.7. The van der Waals surface area contributed by atoms with Crippen LogP contribution < -0.4 is 10.6 Å². The molecule has 104 valence electrons. The summed E-state index contributed by atoms with van der Waals surface area (Å²) in [5.74, 6) is 0.746. The zero-order chi connectivity index (χ0) is 14.0. The van der Waals surface area contributed by atoms with Crippen LogP contribution >= 0.6 is 0 Å². The van der Waals surface area contributed by atoms with Crippen molar-refractivity contribution in [2.45, 2.75) is 39.2 Å². The molecule has 1 saturated heterocycles. The highest BCUT2D eigenvalue weighted by molar-refractivity contribution is 5.94. The van der Waals surface area contributed by atoms with Crippen molar-refractivity contribution in [2.24, 2.45) is 11.7 Å². The van der Waals surface area contributed by atoms with E-state index in [-0.39, 0.29) is 11.3 Å². The smallest absolute Gasteiger partial charge is 0.159 e. The number of benzene rings is 1.